The van der Waals surface area contributed by atoms with E-state index in [-0.39, 0.29) is 0 Å². The van der Waals surface area contributed by atoms with Gasteiger partial charge in [0.05, 0.1) is 12.3 Å². The highest BCUT2D eigenvalue weighted by Crippen LogP contribution is 2.35. The van der Waals surface area contributed by atoms with Crippen LogP contribution in [0.25, 0.3) is 27.2 Å². The summed E-state index contributed by atoms with van der Waals surface area (Å²) in [5, 5.41) is 0. The first-order valence-corrected chi connectivity index (χ1v) is 6.37. The highest BCUT2D eigenvalue weighted by molar-refractivity contribution is 5.86. The molecule has 0 radical (unpaired) electrons. The van der Waals surface area contributed by atoms with E-state index >= 15 is 0 Å². The molecule has 0 unspecified atom stereocenters. The van der Waals surface area contributed by atoms with Gasteiger partial charge in [-0.05, 0) is 11.6 Å². The maximum absolute atomic E-state index is 7.31. The van der Waals surface area contributed by atoms with Crippen molar-refractivity contribution < 1.29 is 0 Å². The highest BCUT2D eigenvalue weighted by atomic mass is 14.7. The number of benzene rings is 2. The Balaban J connectivity index is 2.24. The highest BCUT2D eigenvalue weighted by Gasteiger charge is 2.11. The Bertz CT molecular complexity index is 771. The number of hydrogen-bond donors (Lipinski definition) is 0. The molecule has 0 N–H and O–H groups in total. The first kappa shape index (κ1) is 12.1. The molecule has 1 heterocycles. The van der Waals surface area contributed by atoms with Gasteiger partial charge in [-0.1, -0.05) is 60.7 Å². The molecule has 3 rings (SSSR count). The largest absolute Gasteiger partial charge is 0.257 e. The maximum atomic E-state index is 7.31. The van der Waals surface area contributed by atoms with Crippen LogP contribution in [0.15, 0.2) is 72.9 Å². The van der Waals surface area contributed by atoms with Crippen molar-refractivity contribution in [3.8, 4) is 22.4 Å². The average molecular weight is 256 g/mol. The number of nitrogens with zero attached hydrogens (tertiary/aromatic N) is 2. The van der Waals surface area contributed by atoms with Gasteiger partial charge >= 0.3 is 0 Å². The third-order valence-corrected chi connectivity index (χ3v) is 3.17. The van der Waals surface area contributed by atoms with Crippen molar-refractivity contribution in [1.29, 1.82) is 0 Å². The molecule has 0 aliphatic heterocycles. The van der Waals surface area contributed by atoms with Gasteiger partial charge < -0.3 is 0 Å². The molecule has 2 aromatic carbocycles. The summed E-state index contributed by atoms with van der Waals surface area (Å²) in [6.07, 6.45) is 1.77. The first-order valence-electron chi connectivity index (χ1n) is 6.37. The SMILES string of the molecule is [C-]#[N+]c1ccccc1-c1ncccc1-c1ccccc1. The Morgan fingerprint density at radius 3 is 2.25 bits per heavy atom. The fourth-order valence-corrected chi connectivity index (χ4v) is 2.24. The fraction of sp³-hybridized carbons (Fsp3) is 0. The maximum Gasteiger partial charge on any atom is 0.196 e. The molecule has 94 valence electrons. The molecule has 0 fully saturated rings. The molecule has 0 bridgehead atoms. The van der Waals surface area contributed by atoms with Crippen LogP contribution in [0.5, 0.6) is 0 Å². The molecular weight excluding hydrogens is 244 g/mol. The third kappa shape index (κ3) is 2.17. The van der Waals surface area contributed by atoms with Gasteiger partial charge in [0.25, 0.3) is 0 Å². The van der Waals surface area contributed by atoms with Crippen LogP contribution in [0.4, 0.5) is 5.69 Å². The number of pyridine rings is 1. The Labute approximate surface area is 118 Å². The quantitative estimate of drug-likeness (QED) is 0.592. The van der Waals surface area contributed by atoms with Crippen molar-refractivity contribution in [2.24, 2.45) is 0 Å². The normalized spacial score (nSPS) is 9.95. The zero-order valence-corrected chi connectivity index (χ0v) is 10.8. The van der Waals surface area contributed by atoms with E-state index < -0.39 is 0 Å². The van der Waals surface area contributed by atoms with E-state index in [4.69, 9.17) is 6.57 Å². The van der Waals surface area contributed by atoms with E-state index in [1.807, 2.05) is 54.6 Å². The second-order valence-corrected chi connectivity index (χ2v) is 4.39. The number of para-hydroxylation sites is 1. The van der Waals surface area contributed by atoms with Gasteiger partial charge in [0, 0.05) is 17.3 Å². The Hall–Kier alpha value is -2.92. The van der Waals surface area contributed by atoms with Crippen molar-refractivity contribution in [3.63, 3.8) is 0 Å². The summed E-state index contributed by atoms with van der Waals surface area (Å²) in [4.78, 5) is 8.08. The van der Waals surface area contributed by atoms with Gasteiger partial charge in [-0.3, -0.25) is 4.98 Å². The molecule has 0 saturated carbocycles. The molecule has 0 saturated heterocycles. The lowest BCUT2D eigenvalue weighted by Gasteiger charge is -2.10. The second-order valence-electron chi connectivity index (χ2n) is 4.39. The molecule has 3 aromatic rings. The lowest BCUT2D eigenvalue weighted by molar-refractivity contribution is 1.33. The lowest BCUT2D eigenvalue weighted by atomic mass is 9.98. The molecule has 0 spiro atoms. The van der Waals surface area contributed by atoms with Gasteiger partial charge in [0.2, 0.25) is 0 Å². The Morgan fingerprint density at radius 2 is 1.45 bits per heavy atom. The minimum Gasteiger partial charge on any atom is -0.257 e. The van der Waals surface area contributed by atoms with Crippen LogP contribution < -0.4 is 0 Å². The van der Waals surface area contributed by atoms with E-state index in [0.29, 0.717) is 5.69 Å². The van der Waals surface area contributed by atoms with Crippen molar-refractivity contribution in [3.05, 3.63) is 84.3 Å². The Kier molecular flexibility index (Phi) is 3.26. The van der Waals surface area contributed by atoms with Gasteiger partial charge in [0.15, 0.2) is 5.69 Å². The molecule has 0 aliphatic rings. The topological polar surface area (TPSA) is 17.2 Å². The van der Waals surface area contributed by atoms with Crippen LogP contribution in [0.3, 0.4) is 0 Å². The van der Waals surface area contributed by atoms with E-state index in [0.717, 1.165) is 22.4 Å². The molecule has 0 atom stereocenters. The van der Waals surface area contributed by atoms with E-state index in [9.17, 15) is 0 Å². The van der Waals surface area contributed by atoms with Crippen LogP contribution in [-0.2, 0) is 0 Å². The molecule has 2 nitrogen and oxygen atoms in total. The summed E-state index contributed by atoms with van der Waals surface area (Å²) in [6, 6.07) is 21.7. The molecule has 0 aliphatic carbocycles. The van der Waals surface area contributed by atoms with E-state index in [1.165, 1.54) is 0 Å². The van der Waals surface area contributed by atoms with Gasteiger partial charge in [-0.2, -0.15) is 0 Å². The standard InChI is InChI=1S/C18H12N2/c1-19-17-12-6-5-10-16(17)18-15(11-7-13-20-18)14-8-3-2-4-9-14/h2-13H. The van der Waals surface area contributed by atoms with Crippen molar-refractivity contribution in [2.75, 3.05) is 0 Å². The van der Waals surface area contributed by atoms with Crippen LogP contribution in [-0.4, -0.2) is 4.98 Å². The molecular formula is C18H12N2. The van der Waals surface area contributed by atoms with Gasteiger partial charge in [-0.25, -0.2) is 4.85 Å². The smallest absolute Gasteiger partial charge is 0.196 e. The van der Waals surface area contributed by atoms with Crippen LogP contribution >= 0.6 is 0 Å². The van der Waals surface area contributed by atoms with E-state index in [1.54, 1.807) is 6.20 Å². The molecule has 1 aromatic heterocycles. The molecule has 20 heavy (non-hydrogen) atoms. The summed E-state index contributed by atoms with van der Waals surface area (Å²) >= 11 is 0. The summed E-state index contributed by atoms with van der Waals surface area (Å²) < 4.78 is 0. The summed E-state index contributed by atoms with van der Waals surface area (Å²) in [6.45, 7) is 7.31. The minimum absolute atomic E-state index is 0.628. The van der Waals surface area contributed by atoms with Crippen LogP contribution in [0.1, 0.15) is 0 Å². The van der Waals surface area contributed by atoms with Crippen molar-refractivity contribution >= 4 is 5.69 Å². The summed E-state index contributed by atoms with van der Waals surface area (Å²) in [7, 11) is 0. The summed E-state index contributed by atoms with van der Waals surface area (Å²) in [5.41, 5.74) is 4.51. The van der Waals surface area contributed by atoms with Gasteiger partial charge in [0.1, 0.15) is 0 Å². The van der Waals surface area contributed by atoms with Gasteiger partial charge in [-0.15, -0.1) is 0 Å². The fourth-order valence-electron chi connectivity index (χ4n) is 2.24. The summed E-state index contributed by atoms with van der Waals surface area (Å²) in [5.74, 6) is 0. The van der Waals surface area contributed by atoms with E-state index in [2.05, 4.69) is 22.0 Å². The predicted octanol–water partition coefficient (Wildman–Crippen LogP) is 4.97. The zero-order valence-electron chi connectivity index (χ0n) is 10.8. The number of aromatic nitrogens is 1. The molecule has 2 heteroatoms. The van der Waals surface area contributed by atoms with Crippen LogP contribution in [0.2, 0.25) is 0 Å². The predicted molar refractivity (Wildman–Crippen MR) is 81.4 cm³/mol. The van der Waals surface area contributed by atoms with Crippen molar-refractivity contribution in [1.82, 2.24) is 4.98 Å². The number of rotatable bonds is 2. The molecule has 0 amide bonds. The van der Waals surface area contributed by atoms with Crippen molar-refractivity contribution in [2.45, 2.75) is 0 Å². The zero-order chi connectivity index (χ0) is 13.8. The Morgan fingerprint density at radius 1 is 0.750 bits per heavy atom. The second kappa shape index (κ2) is 5.38. The first-order chi connectivity index (χ1) is 9.90. The minimum atomic E-state index is 0.628. The monoisotopic (exact) mass is 256 g/mol. The number of hydrogen-bond acceptors (Lipinski definition) is 1. The lowest BCUT2D eigenvalue weighted by Crippen LogP contribution is -1.88. The third-order valence-electron chi connectivity index (χ3n) is 3.17. The van der Waals surface area contributed by atoms with Crippen LogP contribution in [0, 0.1) is 6.57 Å². The average Bonchev–Trinajstić information content (AvgIpc) is 2.55.